The van der Waals surface area contributed by atoms with Crippen LogP contribution in [0.5, 0.6) is 0 Å². The van der Waals surface area contributed by atoms with Crippen LogP contribution >= 0.6 is 11.3 Å². The van der Waals surface area contributed by atoms with Crippen LogP contribution in [0.15, 0.2) is 48.1 Å². The monoisotopic (exact) mass is 343 g/mol. The van der Waals surface area contributed by atoms with E-state index >= 15 is 0 Å². The molecule has 1 amide bonds. The van der Waals surface area contributed by atoms with Crippen LogP contribution in [0.25, 0.3) is 4.96 Å². The van der Waals surface area contributed by atoms with Crippen molar-refractivity contribution in [2.75, 3.05) is 13.2 Å². The lowest BCUT2D eigenvalue weighted by Crippen LogP contribution is -2.30. The predicted octanol–water partition coefficient (Wildman–Crippen LogP) is 1.84. The number of carbonyl (C=O) groups excluding carboxylic acids is 2. The van der Waals surface area contributed by atoms with Crippen molar-refractivity contribution in [2.24, 2.45) is 0 Å². The van der Waals surface area contributed by atoms with E-state index in [9.17, 15) is 9.59 Å². The van der Waals surface area contributed by atoms with Gasteiger partial charge in [0.25, 0.3) is 5.91 Å². The number of thiazole rings is 1. The fourth-order valence-electron chi connectivity index (χ4n) is 2.25. The van der Waals surface area contributed by atoms with Gasteiger partial charge in [-0.05, 0) is 12.0 Å². The lowest BCUT2D eigenvalue weighted by molar-refractivity contribution is -0.147. The summed E-state index contributed by atoms with van der Waals surface area (Å²) in [5.74, 6) is -0.760. The van der Waals surface area contributed by atoms with Crippen LogP contribution in [0.2, 0.25) is 0 Å². The van der Waals surface area contributed by atoms with Crippen LogP contribution in [0.4, 0.5) is 0 Å². The Morgan fingerprint density at radius 2 is 2.08 bits per heavy atom. The van der Waals surface area contributed by atoms with Crippen molar-refractivity contribution in [3.05, 3.63) is 59.4 Å². The van der Waals surface area contributed by atoms with Crippen LogP contribution in [-0.2, 0) is 27.2 Å². The van der Waals surface area contributed by atoms with Crippen LogP contribution in [0.1, 0.15) is 11.3 Å². The minimum Gasteiger partial charge on any atom is -0.455 e. The Hall–Kier alpha value is -2.67. The molecule has 0 radical (unpaired) electrons. The molecule has 3 aromatic rings. The summed E-state index contributed by atoms with van der Waals surface area (Å²) >= 11 is 1.50. The summed E-state index contributed by atoms with van der Waals surface area (Å²) in [6.45, 7) is 0.244. The van der Waals surface area contributed by atoms with Crippen molar-refractivity contribution in [3.8, 4) is 0 Å². The SMILES string of the molecule is O=C(COC(=O)Cc1cn2ccsc2n1)NCCc1ccccc1. The van der Waals surface area contributed by atoms with Gasteiger partial charge in [0.15, 0.2) is 11.6 Å². The number of carbonyl (C=O) groups is 2. The number of hydrogen-bond acceptors (Lipinski definition) is 5. The summed E-state index contributed by atoms with van der Waals surface area (Å²) in [6.07, 6.45) is 4.46. The van der Waals surface area contributed by atoms with Gasteiger partial charge in [0.1, 0.15) is 0 Å². The summed E-state index contributed by atoms with van der Waals surface area (Å²) in [6, 6.07) is 9.87. The average Bonchev–Trinajstić information content (AvgIpc) is 3.15. The van der Waals surface area contributed by atoms with E-state index in [1.54, 1.807) is 6.20 Å². The van der Waals surface area contributed by atoms with E-state index in [0.717, 1.165) is 16.9 Å². The first-order valence-corrected chi connectivity index (χ1v) is 8.46. The molecule has 3 rings (SSSR count). The maximum atomic E-state index is 11.8. The van der Waals surface area contributed by atoms with Gasteiger partial charge in [0.2, 0.25) is 0 Å². The molecule has 24 heavy (non-hydrogen) atoms. The number of esters is 1. The van der Waals surface area contributed by atoms with Gasteiger partial charge in [-0.3, -0.25) is 14.0 Å². The molecule has 0 saturated heterocycles. The third kappa shape index (κ3) is 4.42. The minimum atomic E-state index is -0.459. The summed E-state index contributed by atoms with van der Waals surface area (Å²) in [4.78, 5) is 28.6. The maximum absolute atomic E-state index is 11.8. The Balaban J connectivity index is 1.36. The topological polar surface area (TPSA) is 72.7 Å². The standard InChI is InChI=1S/C17H17N3O3S/c21-15(18-7-6-13-4-2-1-3-5-13)12-23-16(22)10-14-11-20-8-9-24-17(20)19-14/h1-5,8-9,11H,6-7,10,12H2,(H,18,21). The molecular formula is C17H17N3O3S. The Morgan fingerprint density at radius 3 is 2.88 bits per heavy atom. The molecule has 0 unspecified atom stereocenters. The normalized spacial score (nSPS) is 10.7. The molecule has 0 spiro atoms. The molecular weight excluding hydrogens is 326 g/mol. The molecule has 0 atom stereocenters. The molecule has 2 aromatic heterocycles. The Morgan fingerprint density at radius 1 is 1.25 bits per heavy atom. The van der Waals surface area contributed by atoms with Crippen LogP contribution in [0, 0.1) is 0 Å². The smallest absolute Gasteiger partial charge is 0.312 e. The van der Waals surface area contributed by atoms with Gasteiger partial charge in [-0.15, -0.1) is 11.3 Å². The van der Waals surface area contributed by atoms with Gasteiger partial charge < -0.3 is 10.1 Å². The number of hydrogen-bond donors (Lipinski definition) is 1. The Kier molecular flexibility index (Phi) is 5.22. The Bertz CT molecular complexity index is 797. The molecule has 2 heterocycles. The Labute approximate surface area is 143 Å². The third-order valence-electron chi connectivity index (χ3n) is 3.41. The van der Waals surface area contributed by atoms with Crippen molar-refractivity contribution in [1.29, 1.82) is 0 Å². The van der Waals surface area contributed by atoms with Crippen molar-refractivity contribution in [1.82, 2.24) is 14.7 Å². The molecule has 6 nitrogen and oxygen atoms in total. The van der Waals surface area contributed by atoms with Gasteiger partial charge in [0.05, 0.1) is 12.1 Å². The molecule has 7 heteroatoms. The molecule has 1 aromatic carbocycles. The lowest BCUT2D eigenvalue weighted by Gasteiger charge is -2.06. The highest BCUT2D eigenvalue weighted by Crippen LogP contribution is 2.11. The zero-order chi connectivity index (χ0) is 16.8. The highest BCUT2D eigenvalue weighted by molar-refractivity contribution is 7.15. The first-order chi connectivity index (χ1) is 11.7. The largest absolute Gasteiger partial charge is 0.455 e. The van der Waals surface area contributed by atoms with Crippen LogP contribution < -0.4 is 5.32 Å². The van der Waals surface area contributed by atoms with Gasteiger partial charge in [0, 0.05) is 24.3 Å². The molecule has 1 N–H and O–H groups in total. The lowest BCUT2D eigenvalue weighted by atomic mass is 10.1. The van der Waals surface area contributed by atoms with E-state index in [0.29, 0.717) is 12.2 Å². The molecule has 0 aliphatic carbocycles. The molecule has 0 aliphatic rings. The van der Waals surface area contributed by atoms with Gasteiger partial charge >= 0.3 is 5.97 Å². The second-order valence-corrected chi connectivity index (χ2v) is 6.12. The molecule has 0 saturated carbocycles. The third-order valence-corrected chi connectivity index (χ3v) is 4.18. The first-order valence-electron chi connectivity index (χ1n) is 7.58. The number of aromatic nitrogens is 2. The van der Waals surface area contributed by atoms with E-state index in [-0.39, 0.29) is 18.9 Å². The van der Waals surface area contributed by atoms with Crippen LogP contribution in [0.3, 0.4) is 0 Å². The fraction of sp³-hybridized carbons (Fsp3) is 0.235. The van der Waals surface area contributed by atoms with Crippen molar-refractivity contribution < 1.29 is 14.3 Å². The average molecular weight is 343 g/mol. The van der Waals surface area contributed by atoms with Gasteiger partial charge in [-0.25, -0.2) is 4.98 Å². The van der Waals surface area contributed by atoms with Crippen molar-refractivity contribution in [2.45, 2.75) is 12.8 Å². The second-order valence-electron chi connectivity index (χ2n) is 5.25. The van der Waals surface area contributed by atoms with Crippen molar-refractivity contribution >= 4 is 28.2 Å². The molecule has 124 valence electrons. The van der Waals surface area contributed by atoms with Crippen molar-refractivity contribution in [3.63, 3.8) is 0 Å². The van der Waals surface area contributed by atoms with E-state index in [1.807, 2.05) is 46.3 Å². The number of imidazole rings is 1. The number of amides is 1. The predicted molar refractivity (Wildman–Crippen MR) is 90.9 cm³/mol. The summed E-state index contributed by atoms with van der Waals surface area (Å²) in [7, 11) is 0. The zero-order valence-corrected chi connectivity index (χ0v) is 13.8. The number of nitrogens with one attached hydrogen (secondary N) is 1. The number of benzene rings is 1. The van der Waals surface area contributed by atoms with Gasteiger partial charge in [-0.1, -0.05) is 30.3 Å². The molecule has 0 aliphatic heterocycles. The number of nitrogens with zero attached hydrogens (tertiary/aromatic N) is 2. The minimum absolute atomic E-state index is 0.0612. The molecule has 0 bridgehead atoms. The number of rotatable bonds is 7. The first kappa shape index (κ1) is 16.2. The highest BCUT2D eigenvalue weighted by Gasteiger charge is 2.11. The number of fused-ring (bicyclic) bond motifs is 1. The summed E-state index contributed by atoms with van der Waals surface area (Å²) in [5, 5.41) is 4.65. The maximum Gasteiger partial charge on any atom is 0.312 e. The van der Waals surface area contributed by atoms with Gasteiger partial charge in [-0.2, -0.15) is 0 Å². The second kappa shape index (κ2) is 7.74. The van der Waals surface area contributed by atoms with E-state index in [1.165, 1.54) is 11.3 Å². The quantitative estimate of drug-likeness (QED) is 0.665. The van der Waals surface area contributed by atoms with Crippen LogP contribution in [-0.4, -0.2) is 34.4 Å². The zero-order valence-electron chi connectivity index (χ0n) is 13.0. The molecule has 0 fully saturated rings. The summed E-state index contributed by atoms with van der Waals surface area (Å²) in [5.41, 5.74) is 1.78. The highest BCUT2D eigenvalue weighted by atomic mass is 32.1. The van der Waals surface area contributed by atoms with E-state index in [4.69, 9.17) is 4.74 Å². The van der Waals surface area contributed by atoms with E-state index in [2.05, 4.69) is 10.3 Å². The van der Waals surface area contributed by atoms with E-state index < -0.39 is 5.97 Å². The number of ether oxygens (including phenoxy) is 1. The summed E-state index contributed by atoms with van der Waals surface area (Å²) < 4.78 is 6.84. The fourth-order valence-corrected chi connectivity index (χ4v) is 2.97.